The quantitative estimate of drug-likeness (QED) is 0.222. The molecule has 0 aliphatic carbocycles. The summed E-state index contributed by atoms with van der Waals surface area (Å²) in [6, 6.07) is 0. The van der Waals surface area contributed by atoms with Crippen molar-refractivity contribution in [2.45, 2.75) is 123 Å². The zero-order valence-corrected chi connectivity index (χ0v) is 23.4. The third kappa shape index (κ3) is 13.8. The van der Waals surface area contributed by atoms with Crippen LogP contribution in [-0.2, 0) is 0 Å². The predicted molar refractivity (Wildman–Crippen MR) is 113 cm³/mol. The van der Waals surface area contributed by atoms with Crippen molar-refractivity contribution >= 4 is 31.3 Å². The van der Waals surface area contributed by atoms with Gasteiger partial charge < -0.3 is 0 Å². The van der Waals surface area contributed by atoms with Crippen molar-refractivity contribution in [3.8, 4) is 0 Å². The van der Waals surface area contributed by atoms with Crippen LogP contribution in [0.25, 0.3) is 0 Å². The van der Waals surface area contributed by atoms with Gasteiger partial charge in [-0.15, -0.1) is 8.58 Å². The SMILES string of the molecule is CC(C)(C)PC(C)(C)C.C[C](C)(C)[Pb]([C](C)(C)C)[C](C)(C)C. The van der Waals surface area contributed by atoms with E-state index >= 15 is 0 Å². The summed E-state index contributed by atoms with van der Waals surface area (Å²) >= 11 is -1.61. The van der Waals surface area contributed by atoms with E-state index < -0.39 is 22.7 Å². The van der Waals surface area contributed by atoms with Crippen LogP contribution in [0.1, 0.15) is 104 Å². The summed E-state index contributed by atoms with van der Waals surface area (Å²) in [6.45, 7) is 35.9. The van der Waals surface area contributed by atoms with E-state index in [0.29, 0.717) is 19.2 Å². The Balaban J connectivity index is 0. The zero-order chi connectivity index (χ0) is 18.8. The first-order valence-corrected chi connectivity index (χ1v) is 15.6. The van der Waals surface area contributed by atoms with E-state index in [9.17, 15) is 0 Å². The molecular formula is C20H46PPb. The van der Waals surface area contributed by atoms with E-state index in [1.165, 1.54) is 0 Å². The topological polar surface area (TPSA) is 0 Å². The van der Waals surface area contributed by atoms with Crippen LogP contribution in [0.15, 0.2) is 0 Å². The average molecular weight is 525 g/mol. The normalized spacial score (nSPS) is 14.7. The summed E-state index contributed by atoms with van der Waals surface area (Å²) in [5, 5.41) is 1.02. The van der Waals surface area contributed by atoms with Gasteiger partial charge in [0.25, 0.3) is 0 Å². The van der Waals surface area contributed by atoms with Crippen molar-refractivity contribution < 1.29 is 0 Å². The fourth-order valence-electron chi connectivity index (χ4n) is 4.50. The summed E-state index contributed by atoms with van der Waals surface area (Å²) in [5.74, 6) is 0. The molecular weight excluding hydrogens is 478 g/mol. The van der Waals surface area contributed by atoms with Gasteiger partial charge in [-0.3, -0.25) is 0 Å². The van der Waals surface area contributed by atoms with Gasteiger partial charge in [-0.05, 0) is 10.3 Å². The van der Waals surface area contributed by atoms with E-state index in [2.05, 4.69) is 104 Å². The molecule has 0 aromatic carbocycles. The average Bonchev–Trinajstić information content (AvgIpc) is 1.83. The predicted octanol–water partition coefficient (Wildman–Crippen LogP) is 8.14. The van der Waals surface area contributed by atoms with E-state index in [1.54, 1.807) is 0 Å². The van der Waals surface area contributed by atoms with E-state index in [1.807, 2.05) is 0 Å². The molecule has 0 saturated carbocycles. The molecule has 0 amide bonds. The second-order valence-electron chi connectivity index (χ2n) is 11.8. The molecule has 0 aromatic heterocycles. The Morgan fingerprint density at radius 2 is 0.591 bits per heavy atom. The third-order valence-electron chi connectivity index (χ3n) is 3.00. The van der Waals surface area contributed by atoms with Gasteiger partial charge in [0.05, 0.1) is 0 Å². The van der Waals surface area contributed by atoms with Crippen LogP contribution in [0, 0.1) is 0 Å². The fraction of sp³-hybridized carbons (Fsp3) is 1.00. The van der Waals surface area contributed by atoms with Crippen molar-refractivity contribution in [3.05, 3.63) is 0 Å². The Morgan fingerprint density at radius 1 is 0.409 bits per heavy atom. The van der Waals surface area contributed by atoms with Crippen molar-refractivity contribution in [1.29, 1.82) is 0 Å². The van der Waals surface area contributed by atoms with Gasteiger partial charge in [0.1, 0.15) is 0 Å². The number of hydrogen-bond donors (Lipinski definition) is 0. The van der Waals surface area contributed by atoms with Gasteiger partial charge in [-0.2, -0.15) is 0 Å². The molecule has 0 fully saturated rings. The van der Waals surface area contributed by atoms with E-state index in [4.69, 9.17) is 0 Å². The molecule has 0 aliphatic heterocycles. The molecule has 0 nitrogen and oxygen atoms in total. The molecule has 0 N–H and O–H groups in total. The molecule has 0 atom stereocenters. The van der Waals surface area contributed by atoms with Crippen molar-refractivity contribution in [3.63, 3.8) is 0 Å². The maximum atomic E-state index is 2.45. The summed E-state index contributed by atoms with van der Waals surface area (Å²) in [6.07, 6.45) is 0. The summed E-state index contributed by atoms with van der Waals surface area (Å²) in [7, 11) is 1.05. The van der Waals surface area contributed by atoms with Crippen LogP contribution in [-0.4, -0.2) is 33.0 Å². The molecule has 1 radical (unpaired) electrons. The Bertz CT molecular complexity index is 265. The molecule has 0 aliphatic rings. The molecule has 0 spiro atoms. The van der Waals surface area contributed by atoms with Gasteiger partial charge in [0.15, 0.2) is 0 Å². The van der Waals surface area contributed by atoms with Crippen LogP contribution in [0.2, 0.25) is 8.92 Å². The minimum absolute atomic E-state index is 0.512. The van der Waals surface area contributed by atoms with Crippen molar-refractivity contribution in [2.24, 2.45) is 0 Å². The number of hydrogen-bond acceptors (Lipinski definition) is 0. The Morgan fingerprint density at radius 3 is 0.591 bits per heavy atom. The molecule has 0 heterocycles. The summed E-state index contributed by atoms with van der Waals surface area (Å²) in [5.41, 5.74) is 0. The van der Waals surface area contributed by atoms with Crippen LogP contribution in [0.4, 0.5) is 0 Å². The summed E-state index contributed by atoms with van der Waals surface area (Å²) < 4.78 is 1.80. The number of rotatable bonds is 0. The molecule has 22 heavy (non-hydrogen) atoms. The maximum absolute atomic E-state index is 2.45. The first kappa shape index (κ1) is 25.6. The van der Waals surface area contributed by atoms with Gasteiger partial charge in [0, 0.05) is 0 Å². The van der Waals surface area contributed by atoms with E-state index in [-0.39, 0.29) is 0 Å². The van der Waals surface area contributed by atoms with Gasteiger partial charge >= 0.3 is 93.9 Å². The zero-order valence-electron chi connectivity index (χ0n) is 18.5. The fourth-order valence-corrected chi connectivity index (χ4v) is 33.0. The van der Waals surface area contributed by atoms with Crippen molar-refractivity contribution in [2.75, 3.05) is 0 Å². The Labute approximate surface area is 153 Å². The van der Waals surface area contributed by atoms with Gasteiger partial charge in [-0.1, -0.05) is 41.5 Å². The summed E-state index contributed by atoms with van der Waals surface area (Å²) in [4.78, 5) is 0. The van der Waals surface area contributed by atoms with Gasteiger partial charge in [-0.25, -0.2) is 0 Å². The van der Waals surface area contributed by atoms with Gasteiger partial charge in [0.2, 0.25) is 0 Å². The first-order valence-electron chi connectivity index (χ1n) is 8.75. The van der Waals surface area contributed by atoms with Crippen LogP contribution in [0.3, 0.4) is 0 Å². The molecule has 135 valence electrons. The minimum atomic E-state index is -1.61. The second-order valence-corrected chi connectivity index (χ2v) is 35.4. The Hall–Kier alpha value is 1.35. The molecule has 0 unspecified atom stereocenters. The van der Waals surface area contributed by atoms with E-state index in [0.717, 1.165) is 8.58 Å². The molecule has 0 rings (SSSR count). The standard InChI is InChI=1S/C8H19P.3C4H9.Pb/c1-7(2,3)9-8(4,5)6;3*1-4(2)3;/h9H,1-6H3;3*1-3H3;. The van der Waals surface area contributed by atoms with Crippen molar-refractivity contribution in [1.82, 2.24) is 0 Å². The van der Waals surface area contributed by atoms with Crippen LogP contribution < -0.4 is 0 Å². The second kappa shape index (κ2) is 8.15. The first-order chi connectivity index (χ1) is 9.07. The monoisotopic (exact) mass is 525 g/mol. The van der Waals surface area contributed by atoms with Crippen LogP contribution >= 0.6 is 8.58 Å². The molecule has 2 heteroatoms. The molecule has 0 bridgehead atoms. The Kier molecular flexibility index (Phi) is 9.48. The van der Waals surface area contributed by atoms with Crippen LogP contribution in [0.5, 0.6) is 0 Å². The molecule has 0 aromatic rings. The third-order valence-corrected chi connectivity index (χ3v) is 22.0. The molecule has 0 saturated heterocycles.